The van der Waals surface area contributed by atoms with Crippen LogP contribution in [0, 0.1) is 0 Å². The second-order valence-electron chi connectivity index (χ2n) is 5.20. The highest BCUT2D eigenvalue weighted by Crippen LogP contribution is 2.34. The van der Waals surface area contributed by atoms with Gasteiger partial charge in [-0.1, -0.05) is 47.5 Å². The molecule has 0 spiro atoms. The summed E-state index contributed by atoms with van der Waals surface area (Å²) in [5.41, 5.74) is 2.79. The van der Waals surface area contributed by atoms with E-state index >= 15 is 0 Å². The molecule has 1 aliphatic heterocycles. The summed E-state index contributed by atoms with van der Waals surface area (Å²) in [4.78, 5) is 0. The van der Waals surface area contributed by atoms with Crippen LogP contribution in [0.5, 0.6) is 0 Å². The van der Waals surface area contributed by atoms with Crippen LogP contribution in [0.1, 0.15) is 11.1 Å². The highest BCUT2D eigenvalue weighted by molar-refractivity contribution is 6.30. The van der Waals surface area contributed by atoms with Gasteiger partial charge in [-0.25, -0.2) is 0 Å². The summed E-state index contributed by atoms with van der Waals surface area (Å²) in [5, 5.41) is 4.97. The van der Waals surface area contributed by atoms with E-state index in [1.807, 2.05) is 24.3 Å². The molecule has 2 aromatic rings. The SMILES string of the molecule is Clc1ccc(CC2(c3cccc(Cl)c3)CNC2)cc1. The number of hydrogen-bond acceptors (Lipinski definition) is 1. The number of benzene rings is 2. The molecule has 3 heteroatoms. The molecule has 0 aliphatic carbocycles. The van der Waals surface area contributed by atoms with Crippen molar-refractivity contribution in [3.8, 4) is 0 Å². The predicted octanol–water partition coefficient (Wildman–Crippen LogP) is 4.08. The van der Waals surface area contributed by atoms with Crippen molar-refractivity contribution in [1.82, 2.24) is 5.32 Å². The predicted molar refractivity (Wildman–Crippen MR) is 81.2 cm³/mol. The molecule has 0 amide bonds. The van der Waals surface area contributed by atoms with Gasteiger partial charge >= 0.3 is 0 Å². The van der Waals surface area contributed by atoms with E-state index in [0.717, 1.165) is 29.6 Å². The molecule has 0 radical (unpaired) electrons. The van der Waals surface area contributed by atoms with Crippen LogP contribution in [0.3, 0.4) is 0 Å². The van der Waals surface area contributed by atoms with Crippen molar-refractivity contribution >= 4 is 23.2 Å². The van der Waals surface area contributed by atoms with Crippen molar-refractivity contribution < 1.29 is 0 Å². The Morgan fingerprint density at radius 1 is 0.947 bits per heavy atom. The van der Waals surface area contributed by atoms with Crippen LogP contribution in [0.25, 0.3) is 0 Å². The highest BCUT2D eigenvalue weighted by Gasteiger charge is 2.38. The molecule has 0 saturated carbocycles. The number of nitrogens with one attached hydrogen (secondary N) is 1. The van der Waals surface area contributed by atoms with Crippen LogP contribution < -0.4 is 5.32 Å². The molecule has 0 unspecified atom stereocenters. The molecule has 1 nitrogen and oxygen atoms in total. The van der Waals surface area contributed by atoms with Gasteiger partial charge in [0.2, 0.25) is 0 Å². The molecular weight excluding hydrogens is 277 g/mol. The van der Waals surface area contributed by atoms with Crippen LogP contribution in [0.4, 0.5) is 0 Å². The lowest BCUT2D eigenvalue weighted by molar-refractivity contribution is 0.275. The summed E-state index contributed by atoms with van der Waals surface area (Å²) < 4.78 is 0. The fourth-order valence-electron chi connectivity index (χ4n) is 2.67. The summed E-state index contributed by atoms with van der Waals surface area (Å²) >= 11 is 12.1. The van der Waals surface area contributed by atoms with Crippen LogP contribution in [-0.4, -0.2) is 13.1 Å². The first-order chi connectivity index (χ1) is 9.18. The van der Waals surface area contributed by atoms with E-state index in [1.165, 1.54) is 11.1 Å². The molecule has 3 rings (SSSR count). The van der Waals surface area contributed by atoms with E-state index < -0.39 is 0 Å². The summed E-state index contributed by atoms with van der Waals surface area (Å²) in [5.74, 6) is 0. The van der Waals surface area contributed by atoms with Crippen molar-refractivity contribution in [1.29, 1.82) is 0 Å². The minimum Gasteiger partial charge on any atom is -0.315 e. The second-order valence-corrected chi connectivity index (χ2v) is 6.07. The molecule has 0 aromatic heterocycles. The number of hydrogen-bond donors (Lipinski definition) is 1. The van der Waals surface area contributed by atoms with Gasteiger partial charge in [-0.2, -0.15) is 0 Å². The van der Waals surface area contributed by atoms with Gasteiger partial charge < -0.3 is 5.32 Å². The van der Waals surface area contributed by atoms with Crippen LogP contribution in [-0.2, 0) is 11.8 Å². The lowest BCUT2D eigenvalue weighted by Crippen LogP contribution is -2.58. The Morgan fingerprint density at radius 3 is 2.26 bits per heavy atom. The summed E-state index contributed by atoms with van der Waals surface area (Å²) in [6.07, 6.45) is 1.01. The number of halogens is 2. The van der Waals surface area contributed by atoms with Crippen molar-refractivity contribution in [3.63, 3.8) is 0 Å². The van der Waals surface area contributed by atoms with Crippen LogP contribution in [0.15, 0.2) is 48.5 Å². The van der Waals surface area contributed by atoms with Gasteiger partial charge in [0.1, 0.15) is 0 Å². The van der Waals surface area contributed by atoms with E-state index in [0.29, 0.717) is 0 Å². The largest absolute Gasteiger partial charge is 0.315 e. The Hall–Kier alpha value is -1.02. The molecular formula is C16H15Cl2N. The van der Waals surface area contributed by atoms with Crippen LogP contribution in [0.2, 0.25) is 10.0 Å². The van der Waals surface area contributed by atoms with Crippen LogP contribution >= 0.6 is 23.2 Å². The topological polar surface area (TPSA) is 12.0 Å². The van der Waals surface area contributed by atoms with E-state index in [-0.39, 0.29) is 5.41 Å². The highest BCUT2D eigenvalue weighted by atomic mass is 35.5. The smallest absolute Gasteiger partial charge is 0.0408 e. The molecule has 1 heterocycles. The van der Waals surface area contributed by atoms with Gasteiger partial charge in [0.15, 0.2) is 0 Å². The van der Waals surface area contributed by atoms with Crippen molar-refractivity contribution in [3.05, 3.63) is 69.7 Å². The molecule has 0 bridgehead atoms. The Bertz CT molecular complexity index is 574. The first-order valence-corrected chi connectivity index (χ1v) is 7.15. The maximum absolute atomic E-state index is 6.12. The lowest BCUT2D eigenvalue weighted by Gasteiger charge is -2.43. The zero-order valence-electron chi connectivity index (χ0n) is 10.5. The molecule has 1 N–H and O–H groups in total. The summed E-state index contributed by atoms with van der Waals surface area (Å²) in [6.45, 7) is 1.99. The third-order valence-corrected chi connectivity index (χ3v) is 4.31. The first-order valence-electron chi connectivity index (χ1n) is 6.39. The Morgan fingerprint density at radius 2 is 1.68 bits per heavy atom. The van der Waals surface area contributed by atoms with E-state index in [4.69, 9.17) is 23.2 Å². The molecule has 0 atom stereocenters. The third kappa shape index (κ3) is 2.64. The average molecular weight is 292 g/mol. The second kappa shape index (κ2) is 5.16. The molecule has 1 saturated heterocycles. The van der Waals surface area contributed by atoms with Crippen molar-refractivity contribution in [2.24, 2.45) is 0 Å². The maximum Gasteiger partial charge on any atom is 0.0408 e. The van der Waals surface area contributed by atoms with E-state index in [2.05, 4.69) is 29.6 Å². The minimum atomic E-state index is 0.165. The van der Waals surface area contributed by atoms with Crippen molar-refractivity contribution in [2.45, 2.75) is 11.8 Å². The first kappa shape index (κ1) is 13.0. The minimum absolute atomic E-state index is 0.165. The standard InChI is InChI=1S/C16H15Cl2N/c17-14-6-4-12(5-7-14)9-16(10-19-11-16)13-2-1-3-15(18)8-13/h1-8,19H,9-11H2. The zero-order valence-corrected chi connectivity index (χ0v) is 12.0. The van der Waals surface area contributed by atoms with Crippen molar-refractivity contribution in [2.75, 3.05) is 13.1 Å². The zero-order chi connectivity index (χ0) is 13.3. The van der Waals surface area contributed by atoms with Gasteiger partial charge in [0.25, 0.3) is 0 Å². The average Bonchev–Trinajstić information content (AvgIpc) is 2.36. The monoisotopic (exact) mass is 291 g/mol. The Kier molecular flexibility index (Phi) is 3.53. The molecule has 1 aliphatic rings. The fraction of sp³-hybridized carbons (Fsp3) is 0.250. The van der Waals surface area contributed by atoms with Gasteiger partial charge in [-0.05, 0) is 41.8 Å². The normalized spacial score (nSPS) is 16.9. The lowest BCUT2D eigenvalue weighted by atomic mass is 9.71. The molecule has 98 valence electrons. The molecule has 19 heavy (non-hydrogen) atoms. The quantitative estimate of drug-likeness (QED) is 0.899. The fourth-order valence-corrected chi connectivity index (χ4v) is 2.99. The maximum atomic E-state index is 6.12. The van der Waals surface area contributed by atoms with Gasteiger partial charge in [-0.3, -0.25) is 0 Å². The van der Waals surface area contributed by atoms with Gasteiger partial charge in [0, 0.05) is 28.5 Å². The molecule has 1 fully saturated rings. The molecule has 2 aromatic carbocycles. The summed E-state index contributed by atoms with van der Waals surface area (Å²) in [7, 11) is 0. The Labute approximate surface area is 123 Å². The Balaban J connectivity index is 1.89. The van der Waals surface area contributed by atoms with E-state index in [1.54, 1.807) is 0 Å². The third-order valence-electron chi connectivity index (χ3n) is 3.82. The van der Waals surface area contributed by atoms with E-state index in [9.17, 15) is 0 Å². The van der Waals surface area contributed by atoms with Gasteiger partial charge in [0.05, 0.1) is 0 Å². The summed E-state index contributed by atoms with van der Waals surface area (Å²) in [6, 6.07) is 16.3. The van der Waals surface area contributed by atoms with Gasteiger partial charge in [-0.15, -0.1) is 0 Å². The number of rotatable bonds is 3.